The second kappa shape index (κ2) is 9.14. The second-order valence-corrected chi connectivity index (χ2v) is 6.76. The van der Waals surface area contributed by atoms with E-state index in [2.05, 4.69) is 15.7 Å². The normalized spacial score (nSPS) is 16.8. The van der Waals surface area contributed by atoms with Gasteiger partial charge in [-0.1, -0.05) is 0 Å². The number of carbonyl (C=O) groups excluding carboxylic acids is 1. The summed E-state index contributed by atoms with van der Waals surface area (Å²) in [6.45, 7) is 6.46. The first-order valence-corrected chi connectivity index (χ1v) is 8.86. The molecule has 7 heteroatoms. The van der Waals surface area contributed by atoms with Gasteiger partial charge in [0.1, 0.15) is 11.5 Å². The fourth-order valence-electron chi connectivity index (χ4n) is 3.35. The molecule has 0 saturated carbocycles. The van der Waals surface area contributed by atoms with Gasteiger partial charge >= 0.3 is 0 Å². The Bertz CT molecular complexity index is 756. The molecule has 2 N–H and O–H groups in total. The van der Waals surface area contributed by atoms with Crippen molar-refractivity contribution in [1.29, 1.82) is 0 Å². The van der Waals surface area contributed by atoms with Gasteiger partial charge in [0.25, 0.3) is 5.91 Å². The van der Waals surface area contributed by atoms with E-state index < -0.39 is 5.82 Å². The van der Waals surface area contributed by atoms with Crippen molar-refractivity contribution in [2.45, 2.75) is 33.1 Å². The van der Waals surface area contributed by atoms with Gasteiger partial charge in [0.05, 0.1) is 5.69 Å². The van der Waals surface area contributed by atoms with Crippen LogP contribution in [0.4, 0.5) is 4.39 Å². The summed E-state index contributed by atoms with van der Waals surface area (Å²) < 4.78 is 16.0. The number of aryl methyl sites for hydroxylation is 2. The summed E-state index contributed by atoms with van der Waals surface area (Å²) in [5, 5.41) is 10.5. The van der Waals surface area contributed by atoms with Crippen LogP contribution in [0.5, 0.6) is 0 Å². The zero-order valence-electron chi connectivity index (χ0n) is 15.2. The molecule has 1 unspecified atom stereocenters. The molecule has 1 fully saturated rings. The summed E-state index contributed by atoms with van der Waals surface area (Å²) in [4.78, 5) is 12.2. The van der Waals surface area contributed by atoms with Crippen LogP contribution in [0.15, 0.2) is 24.3 Å². The predicted molar refractivity (Wildman–Crippen MR) is 103 cm³/mol. The van der Waals surface area contributed by atoms with Crippen LogP contribution in [0.2, 0.25) is 0 Å². The second-order valence-electron chi connectivity index (χ2n) is 6.76. The van der Waals surface area contributed by atoms with Gasteiger partial charge in [-0.2, -0.15) is 5.10 Å². The van der Waals surface area contributed by atoms with Gasteiger partial charge < -0.3 is 10.6 Å². The Hall–Kier alpha value is -1.92. The fourth-order valence-corrected chi connectivity index (χ4v) is 3.35. The summed E-state index contributed by atoms with van der Waals surface area (Å²) >= 11 is 0. The maximum Gasteiger partial charge on any atom is 0.251 e. The first-order chi connectivity index (χ1) is 12.0. The SMILES string of the molecule is Cc1cc(C)n(-c2ccc(C(=O)NCCC3CCCNC3)cc2F)n1.Cl. The zero-order chi connectivity index (χ0) is 17.8. The molecule has 0 bridgehead atoms. The zero-order valence-corrected chi connectivity index (χ0v) is 16.0. The minimum atomic E-state index is -0.449. The highest BCUT2D eigenvalue weighted by Gasteiger charge is 2.15. The third-order valence-electron chi connectivity index (χ3n) is 4.68. The summed E-state index contributed by atoms with van der Waals surface area (Å²) in [6, 6.07) is 6.42. The third kappa shape index (κ3) is 4.83. The molecule has 1 aliphatic heterocycles. The number of carbonyl (C=O) groups is 1. The van der Waals surface area contributed by atoms with Crippen LogP contribution in [-0.4, -0.2) is 35.3 Å². The highest BCUT2D eigenvalue weighted by Crippen LogP contribution is 2.18. The monoisotopic (exact) mass is 380 g/mol. The maximum absolute atomic E-state index is 14.4. The highest BCUT2D eigenvalue weighted by atomic mass is 35.5. The Labute approximate surface area is 159 Å². The first-order valence-electron chi connectivity index (χ1n) is 8.86. The van der Waals surface area contributed by atoms with Gasteiger partial charge in [0, 0.05) is 17.8 Å². The van der Waals surface area contributed by atoms with Gasteiger partial charge in [0.15, 0.2) is 0 Å². The number of nitrogens with zero attached hydrogens (tertiary/aromatic N) is 2. The lowest BCUT2D eigenvalue weighted by molar-refractivity contribution is 0.0950. The summed E-state index contributed by atoms with van der Waals surface area (Å²) in [7, 11) is 0. The van der Waals surface area contributed by atoms with Gasteiger partial charge in [-0.25, -0.2) is 9.07 Å². The topological polar surface area (TPSA) is 59.0 Å². The molecule has 1 aromatic heterocycles. The summed E-state index contributed by atoms with van der Waals surface area (Å²) in [5.74, 6) is -0.0721. The Morgan fingerprint density at radius 2 is 2.19 bits per heavy atom. The molecule has 0 aliphatic carbocycles. The number of nitrogens with one attached hydrogen (secondary N) is 2. The number of aromatic nitrogens is 2. The van der Waals surface area contributed by atoms with E-state index in [0.717, 1.165) is 30.9 Å². The van der Waals surface area contributed by atoms with Crippen molar-refractivity contribution >= 4 is 18.3 Å². The molecule has 1 aliphatic rings. The molecule has 26 heavy (non-hydrogen) atoms. The Balaban J connectivity index is 0.00000243. The predicted octanol–water partition coefficient (Wildman–Crippen LogP) is 3.17. The van der Waals surface area contributed by atoms with Gasteiger partial charge in [0.2, 0.25) is 0 Å². The Morgan fingerprint density at radius 1 is 1.38 bits per heavy atom. The molecule has 3 rings (SSSR count). The van der Waals surface area contributed by atoms with Crippen molar-refractivity contribution in [2.24, 2.45) is 5.92 Å². The molecule has 142 valence electrons. The first kappa shape index (κ1) is 20.4. The van der Waals surface area contributed by atoms with Gasteiger partial charge in [-0.15, -0.1) is 12.4 Å². The van der Waals surface area contributed by atoms with E-state index in [9.17, 15) is 9.18 Å². The van der Waals surface area contributed by atoms with Gasteiger partial charge in [-0.3, -0.25) is 4.79 Å². The number of hydrogen-bond acceptors (Lipinski definition) is 3. The average molecular weight is 381 g/mol. The molecule has 5 nitrogen and oxygen atoms in total. The average Bonchev–Trinajstić information content (AvgIpc) is 2.93. The molecular weight excluding hydrogens is 355 g/mol. The molecule has 0 radical (unpaired) electrons. The van der Waals surface area contributed by atoms with Crippen LogP contribution in [0.25, 0.3) is 5.69 Å². The number of amides is 1. The summed E-state index contributed by atoms with van der Waals surface area (Å²) in [6.07, 6.45) is 3.34. The van der Waals surface area contributed by atoms with Crippen LogP contribution in [-0.2, 0) is 0 Å². The Morgan fingerprint density at radius 3 is 2.81 bits per heavy atom. The Kier molecular flexibility index (Phi) is 7.17. The van der Waals surface area contributed by atoms with Crippen molar-refractivity contribution in [1.82, 2.24) is 20.4 Å². The van der Waals surface area contributed by atoms with E-state index in [0.29, 0.717) is 23.7 Å². The molecular formula is C19H26ClFN4O. The molecule has 2 aromatic rings. The quantitative estimate of drug-likeness (QED) is 0.837. The van der Waals surface area contributed by atoms with Crippen molar-refractivity contribution in [3.8, 4) is 5.69 Å². The van der Waals surface area contributed by atoms with Crippen molar-refractivity contribution in [2.75, 3.05) is 19.6 Å². The summed E-state index contributed by atoms with van der Waals surface area (Å²) in [5.41, 5.74) is 2.38. The molecule has 1 aromatic carbocycles. The highest BCUT2D eigenvalue weighted by molar-refractivity contribution is 5.94. The number of piperidine rings is 1. The number of hydrogen-bond donors (Lipinski definition) is 2. The van der Waals surface area contributed by atoms with Crippen molar-refractivity contribution in [3.05, 3.63) is 47.0 Å². The standard InChI is InChI=1S/C19H25FN4O.ClH/c1-13-10-14(2)24(23-13)18-6-5-16(11-17(18)20)19(25)22-9-7-15-4-3-8-21-12-15;/h5-6,10-11,15,21H,3-4,7-9,12H2,1-2H3,(H,22,25);1H. The molecule has 1 saturated heterocycles. The number of rotatable bonds is 5. The van der Waals surface area contributed by atoms with Gasteiger partial charge in [-0.05, 0) is 76.4 Å². The van der Waals surface area contributed by atoms with E-state index in [1.807, 2.05) is 19.9 Å². The lowest BCUT2D eigenvalue weighted by Crippen LogP contribution is -2.33. The van der Waals surface area contributed by atoms with E-state index in [1.54, 1.807) is 16.8 Å². The van der Waals surface area contributed by atoms with Crippen LogP contribution in [0.1, 0.15) is 41.0 Å². The fraction of sp³-hybridized carbons (Fsp3) is 0.474. The minimum absolute atomic E-state index is 0. The largest absolute Gasteiger partial charge is 0.352 e. The smallest absolute Gasteiger partial charge is 0.251 e. The van der Waals surface area contributed by atoms with Crippen LogP contribution in [0, 0.1) is 25.6 Å². The third-order valence-corrected chi connectivity index (χ3v) is 4.68. The molecule has 0 spiro atoms. The van der Waals surface area contributed by atoms with E-state index in [4.69, 9.17) is 0 Å². The van der Waals surface area contributed by atoms with E-state index in [1.165, 1.54) is 18.9 Å². The van der Waals surface area contributed by atoms with Crippen molar-refractivity contribution < 1.29 is 9.18 Å². The van der Waals surface area contributed by atoms with Crippen LogP contribution in [0.3, 0.4) is 0 Å². The van der Waals surface area contributed by atoms with Crippen LogP contribution >= 0.6 is 12.4 Å². The van der Waals surface area contributed by atoms with E-state index >= 15 is 0 Å². The van der Waals surface area contributed by atoms with E-state index in [-0.39, 0.29) is 18.3 Å². The van der Waals surface area contributed by atoms with Crippen LogP contribution < -0.4 is 10.6 Å². The maximum atomic E-state index is 14.4. The molecule has 1 atom stereocenters. The minimum Gasteiger partial charge on any atom is -0.352 e. The molecule has 1 amide bonds. The lowest BCUT2D eigenvalue weighted by atomic mass is 9.96. The van der Waals surface area contributed by atoms with Crippen molar-refractivity contribution in [3.63, 3.8) is 0 Å². The molecule has 2 heterocycles. The lowest BCUT2D eigenvalue weighted by Gasteiger charge is -2.22. The number of halogens is 2. The number of benzene rings is 1.